The molecule has 2 aliphatic carbocycles. The van der Waals surface area contributed by atoms with E-state index in [0.717, 1.165) is 44.9 Å². The van der Waals surface area contributed by atoms with Gasteiger partial charge in [-0.05, 0) is 49.1 Å². The van der Waals surface area contributed by atoms with Crippen molar-refractivity contribution in [1.82, 2.24) is 30.8 Å². The lowest BCUT2D eigenvalue weighted by molar-refractivity contribution is -0.879. The van der Waals surface area contributed by atoms with E-state index in [1.54, 1.807) is 24.1 Å². The second-order valence-electron chi connectivity index (χ2n) is 17.1. The highest BCUT2D eigenvalue weighted by molar-refractivity contribution is 8.00. The molecule has 1 aromatic heterocycles. The lowest BCUT2D eigenvalue weighted by atomic mass is 9.82. The first-order valence-electron chi connectivity index (χ1n) is 20.1. The van der Waals surface area contributed by atoms with Gasteiger partial charge in [0.15, 0.2) is 10.9 Å². The van der Waals surface area contributed by atoms with Crippen LogP contribution < -0.4 is 21.7 Å². The number of nitrogens with two attached hydrogens (primary N) is 1. The average Bonchev–Trinajstić information content (AvgIpc) is 3.91. The second-order valence-corrected chi connectivity index (χ2v) is 18.5. The Balaban J connectivity index is 1.34. The van der Waals surface area contributed by atoms with Gasteiger partial charge in [0.05, 0.1) is 25.4 Å². The molecular formula is C41H55N8O7S+. The summed E-state index contributed by atoms with van der Waals surface area (Å²) < 4.78 is -0.547. The number of nitrogens with zero attached hydrogens (tertiary/aromatic N) is 4. The molecule has 3 fully saturated rings. The standard InChI is InChI=1S/C41H54N8O7S/c1-6-11-28(32(50)37(54)45-25-16-17-25)49(5)39(56)30-26(34(42)51)14-10-15-29(30)57-41(49)18-21-48(23-41)38(55)33(40(2,3)4)47-36(53)31(24-12-8-7-9-13-24)46-35(52)27-22-43-19-20-44-27/h10,14-15,19-20,22,24-25,28,31,33H,6-9,11-13,16-18,21,23H2,1-5H3,(H4-,42,45,46,47,51,52,53,54)/p+1/t28?,31-,33+,41?,49?/m0/s1. The zero-order valence-electron chi connectivity index (χ0n) is 33.5. The summed E-state index contributed by atoms with van der Waals surface area (Å²) >= 11 is 1.32. The molecule has 15 nitrogen and oxygen atoms in total. The minimum Gasteiger partial charge on any atom is -0.366 e. The van der Waals surface area contributed by atoms with Crippen molar-refractivity contribution in [2.45, 2.75) is 126 Å². The monoisotopic (exact) mass is 803 g/mol. The highest BCUT2D eigenvalue weighted by atomic mass is 32.2. The molecule has 6 rings (SSSR count). The lowest BCUT2D eigenvalue weighted by Crippen LogP contribution is -2.73. The number of aromatic nitrogens is 2. The van der Waals surface area contributed by atoms with Crippen LogP contribution in [0.15, 0.2) is 41.7 Å². The van der Waals surface area contributed by atoms with Crippen LogP contribution in [0.25, 0.3) is 0 Å². The Morgan fingerprint density at radius 1 is 1.04 bits per heavy atom. The van der Waals surface area contributed by atoms with Crippen molar-refractivity contribution in [3.8, 4) is 0 Å². The Morgan fingerprint density at radius 3 is 2.37 bits per heavy atom. The highest BCUT2D eigenvalue weighted by Gasteiger charge is 2.67. The number of fused-ring (bicyclic) bond motifs is 1. The molecule has 5 atom stereocenters. The van der Waals surface area contributed by atoms with Crippen molar-refractivity contribution in [1.29, 1.82) is 0 Å². The molecule has 16 heteroatoms. The zero-order chi connectivity index (χ0) is 41.3. The Bertz CT molecular complexity index is 1930. The van der Waals surface area contributed by atoms with Gasteiger partial charge in [0.25, 0.3) is 17.6 Å². The number of thioether (sulfide) groups is 1. The quantitative estimate of drug-likeness (QED) is 0.172. The van der Waals surface area contributed by atoms with Crippen LogP contribution in [0.3, 0.4) is 0 Å². The maximum absolute atomic E-state index is 15.1. The maximum Gasteiger partial charge on any atom is 0.349 e. The predicted octanol–water partition coefficient (Wildman–Crippen LogP) is 3.12. The minimum absolute atomic E-state index is 0.00857. The van der Waals surface area contributed by atoms with Crippen molar-refractivity contribution in [3.63, 3.8) is 0 Å². The van der Waals surface area contributed by atoms with Gasteiger partial charge in [-0.1, -0.05) is 71.2 Å². The molecule has 0 radical (unpaired) electrons. The number of hydrogen-bond donors (Lipinski definition) is 4. The summed E-state index contributed by atoms with van der Waals surface area (Å²) in [7, 11) is 1.64. The van der Waals surface area contributed by atoms with E-state index >= 15 is 4.79 Å². The van der Waals surface area contributed by atoms with E-state index in [2.05, 4.69) is 25.9 Å². The molecule has 57 heavy (non-hydrogen) atoms. The first-order chi connectivity index (χ1) is 27.0. The number of benzene rings is 1. The Labute approximate surface area is 337 Å². The lowest BCUT2D eigenvalue weighted by Gasteiger charge is -2.52. The van der Waals surface area contributed by atoms with Gasteiger partial charge in [-0.15, -0.1) is 0 Å². The number of nitrogens with one attached hydrogen (secondary N) is 3. The van der Waals surface area contributed by atoms with Crippen LogP contribution in [-0.2, 0) is 19.2 Å². The fourth-order valence-corrected chi connectivity index (χ4v) is 10.4. The molecule has 0 bridgehead atoms. The molecule has 3 unspecified atom stereocenters. The number of rotatable bonds is 13. The first-order valence-corrected chi connectivity index (χ1v) is 20.9. The number of amides is 6. The number of likely N-dealkylation sites (N-methyl/N-ethyl adjacent to an activating group) is 1. The molecule has 1 spiro atoms. The molecule has 5 N–H and O–H groups in total. The van der Waals surface area contributed by atoms with E-state index in [1.807, 2.05) is 27.7 Å². The van der Waals surface area contributed by atoms with Crippen LogP contribution in [0.1, 0.15) is 123 Å². The molecule has 306 valence electrons. The summed E-state index contributed by atoms with van der Waals surface area (Å²) in [6.07, 6.45) is 11.0. The SMILES string of the molecule is CCCC(C(=O)C(=O)NC1CC1)[N+]1(C)C(=O)c2c(cccc2C(N)=O)SC12CCN(C(=O)[C@@H](NC(=O)[C@@H](NC(=O)c1cnccn1)C1CCCCC1)C(C)(C)C)C2. The zero-order valence-corrected chi connectivity index (χ0v) is 34.3. The van der Waals surface area contributed by atoms with Gasteiger partial charge in [-0.3, -0.25) is 33.8 Å². The van der Waals surface area contributed by atoms with E-state index in [9.17, 15) is 28.8 Å². The van der Waals surface area contributed by atoms with E-state index in [1.165, 1.54) is 36.4 Å². The molecule has 1 saturated heterocycles. The van der Waals surface area contributed by atoms with Crippen LogP contribution in [0.5, 0.6) is 0 Å². The van der Waals surface area contributed by atoms with Crippen molar-refractivity contribution >= 4 is 53.0 Å². The Morgan fingerprint density at radius 2 is 1.75 bits per heavy atom. The maximum atomic E-state index is 15.1. The van der Waals surface area contributed by atoms with Crippen molar-refractivity contribution in [3.05, 3.63) is 53.6 Å². The number of primary amides is 1. The van der Waals surface area contributed by atoms with E-state index < -0.39 is 68.2 Å². The number of likely N-dealkylation sites (tertiary alicyclic amines) is 1. The Hall–Kier alpha value is -4.70. The van der Waals surface area contributed by atoms with Crippen LogP contribution in [-0.4, -0.2) is 110 Å². The summed E-state index contributed by atoms with van der Waals surface area (Å²) in [6.45, 7) is 7.63. The van der Waals surface area contributed by atoms with Crippen LogP contribution in [0.4, 0.5) is 0 Å². The number of carbonyl (C=O) groups excluding carboxylic acids is 7. The smallest absolute Gasteiger partial charge is 0.349 e. The van der Waals surface area contributed by atoms with E-state index in [0.29, 0.717) is 11.3 Å². The fourth-order valence-electron chi connectivity index (χ4n) is 8.69. The molecule has 6 amide bonds. The third kappa shape index (κ3) is 8.34. The van der Waals surface area contributed by atoms with Gasteiger partial charge in [-0.2, -0.15) is 0 Å². The summed E-state index contributed by atoms with van der Waals surface area (Å²) in [4.78, 5) is 107. The topological polar surface area (TPSA) is 211 Å². The average molecular weight is 804 g/mol. The van der Waals surface area contributed by atoms with E-state index in [-0.39, 0.29) is 60.6 Å². The van der Waals surface area contributed by atoms with Crippen LogP contribution in [0, 0.1) is 11.3 Å². The normalized spacial score (nSPS) is 23.9. The molecular weight excluding hydrogens is 749 g/mol. The minimum atomic E-state index is -1.15. The van der Waals surface area contributed by atoms with Gasteiger partial charge in [0.1, 0.15) is 23.3 Å². The largest absolute Gasteiger partial charge is 0.366 e. The van der Waals surface area contributed by atoms with Gasteiger partial charge < -0.3 is 26.6 Å². The molecule has 3 heterocycles. The molecule has 4 aliphatic rings. The van der Waals surface area contributed by atoms with Gasteiger partial charge in [0, 0.05) is 42.7 Å². The van der Waals surface area contributed by atoms with Crippen molar-refractivity contribution < 1.29 is 38.0 Å². The summed E-state index contributed by atoms with van der Waals surface area (Å²) in [6, 6.07) is 1.70. The van der Waals surface area contributed by atoms with Gasteiger partial charge in [-0.25, -0.2) is 14.3 Å². The third-order valence-corrected chi connectivity index (χ3v) is 13.8. The number of ketones is 1. The first kappa shape index (κ1) is 41.9. The second kappa shape index (κ2) is 16.6. The summed E-state index contributed by atoms with van der Waals surface area (Å²) in [5.74, 6) is -4.33. The number of carbonyl (C=O) groups is 7. The number of hydrogen-bond acceptors (Lipinski definition) is 10. The Kier molecular flexibility index (Phi) is 12.2. The summed E-state index contributed by atoms with van der Waals surface area (Å²) in [5.41, 5.74) is 5.20. The predicted molar refractivity (Wildman–Crippen MR) is 211 cm³/mol. The molecule has 2 aliphatic heterocycles. The van der Waals surface area contributed by atoms with Crippen LogP contribution in [0.2, 0.25) is 0 Å². The fraction of sp³-hybridized carbons (Fsp3) is 0.585. The molecule has 2 saturated carbocycles. The highest BCUT2D eigenvalue weighted by Crippen LogP contribution is 2.54. The third-order valence-electron chi connectivity index (χ3n) is 12.1. The number of quaternary nitrogens is 1. The number of Topliss-reactive ketones (excluding diaryl/α,β-unsaturated/α-hetero) is 1. The van der Waals surface area contributed by atoms with Gasteiger partial charge in [0.2, 0.25) is 17.7 Å². The van der Waals surface area contributed by atoms with Crippen LogP contribution >= 0.6 is 11.8 Å². The van der Waals surface area contributed by atoms with Crippen molar-refractivity contribution in [2.24, 2.45) is 17.1 Å². The van der Waals surface area contributed by atoms with Gasteiger partial charge >= 0.3 is 5.91 Å². The van der Waals surface area contributed by atoms with E-state index in [4.69, 9.17) is 5.73 Å². The summed E-state index contributed by atoms with van der Waals surface area (Å²) in [5, 5.41) is 8.71. The van der Waals surface area contributed by atoms with Crippen molar-refractivity contribution in [2.75, 3.05) is 20.1 Å². The molecule has 1 aromatic carbocycles. The molecule has 2 aromatic rings.